The van der Waals surface area contributed by atoms with Crippen molar-refractivity contribution < 1.29 is 14.8 Å². The molecule has 162 valence electrons. The number of thioether (sulfide) groups is 1. The number of benzene rings is 2. The molecule has 0 aliphatic carbocycles. The number of hydrogen-bond acceptors (Lipinski definition) is 8. The molecule has 9 nitrogen and oxygen atoms in total. The lowest BCUT2D eigenvalue weighted by molar-refractivity contribution is -0.385. The number of aromatic hydroxyl groups is 1. The summed E-state index contributed by atoms with van der Waals surface area (Å²) in [5, 5.41) is 35.0. The van der Waals surface area contributed by atoms with Crippen molar-refractivity contribution >= 4 is 39.6 Å². The van der Waals surface area contributed by atoms with E-state index in [0.717, 1.165) is 22.5 Å². The molecule has 0 aliphatic rings. The number of ether oxygens (including phenoxy) is 1. The van der Waals surface area contributed by atoms with Crippen LogP contribution in [-0.4, -0.2) is 38.2 Å². The van der Waals surface area contributed by atoms with E-state index in [1.807, 2.05) is 31.2 Å². The third-order valence-corrected chi connectivity index (χ3v) is 5.78. The van der Waals surface area contributed by atoms with Crippen molar-refractivity contribution in [3.63, 3.8) is 0 Å². The van der Waals surface area contributed by atoms with Gasteiger partial charge in [0.25, 0.3) is 5.69 Å². The lowest BCUT2D eigenvalue weighted by Crippen LogP contribution is -2.01. The number of phenolic OH excluding ortho intramolecular Hbond substituents is 1. The Morgan fingerprint density at radius 2 is 2.06 bits per heavy atom. The molecule has 0 bridgehead atoms. The van der Waals surface area contributed by atoms with E-state index in [-0.39, 0.29) is 22.7 Å². The highest BCUT2D eigenvalue weighted by Gasteiger charge is 2.17. The number of rotatable bonds is 9. The van der Waals surface area contributed by atoms with Gasteiger partial charge in [0.2, 0.25) is 5.16 Å². The second-order valence-corrected chi connectivity index (χ2v) is 8.32. The first-order valence-corrected chi connectivity index (χ1v) is 11.1. The van der Waals surface area contributed by atoms with Crippen LogP contribution in [0.1, 0.15) is 30.3 Å². The highest BCUT2D eigenvalue weighted by atomic mass is 79.9. The molecule has 0 saturated carbocycles. The molecule has 2 aromatic carbocycles. The Morgan fingerprint density at radius 1 is 1.32 bits per heavy atom. The number of nitro benzene ring substituents is 1. The van der Waals surface area contributed by atoms with E-state index in [9.17, 15) is 15.2 Å². The van der Waals surface area contributed by atoms with E-state index >= 15 is 0 Å². The smallest absolute Gasteiger partial charge is 0.274 e. The van der Waals surface area contributed by atoms with E-state index in [0.29, 0.717) is 23.2 Å². The SMILES string of the molecule is CCCc1nnc(SCc2ccc(Br)cc2)n1/N=C/c1cc([N+](=O)[O-])cc(OC)c1O. The van der Waals surface area contributed by atoms with Crippen LogP contribution in [0.4, 0.5) is 5.69 Å². The minimum absolute atomic E-state index is 0.00183. The van der Waals surface area contributed by atoms with Crippen LogP contribution < -0.4 is 4.74 Å². The summed E-state index contributed by atoms with van der Waals surface area (Å²) in [5.74, 6) is 1.10. The van der Waals surface area contributed by atoms with Crippen LogP contribution in [-0.2, 0) is 12.2 Å². The van der Waals surface area contributed by atoms with Crippen LogP contribution in [0.5, 0.6) is 11.5 Å². The van der Waals surface area contributed by atoms with Crippen molar-refractivity contribution in [2.75, 3.05) is 7.11 Å². The Hall–Kier alpha value is -2.92. The molecule has 1 N–H and O–H groups in total. The number of nitrogens with zero attached hydrogens (tertiary/aromatic N) is 5. The number of aromatic nitrogens is 3. The maximum Gasteiger partial charge on any atom is 0.274 e. The molecule has 1 heterocycles. The van der Waals surface area contributed by atoms with Crippen molar-refractivity contribution in [1.82, 2.24) is 14.9 Å². The zero-order chi connectivity index (χ0) is 22.4. The third kappa shape index (κ3) is 5.61. The summed E-state index contributed by atoms with van der Waals surface area (Å²) in [6.45, 7) is 2.02. The molecule has 3 rings (SSSR count). The highest BCUT2D eigenvalue weighted by Crippen LogP contribution is 2.33. The Labute approximate surface area is 191 Å². The van der Waals surface area contributed by atoms with Crippen LogP contribution in [0.2, 0.25) is 0 Å². The van der Waals surface area contributed by atoms with Gasteiger partial charge in [-0.3, -0.25) is 10.1 Å². The van der Waals surface area contributed by atoms with Crippen molar-refractivity contribution in [1.29, 1.82) is 0 Å². The standard InChI is InChI=1S/C20H20BrN5O4S/c1-3-4-18-23-24-20(31-12-13-5-7-15(21)8-6-13)25(18)22-11-14-9-16(26(28)29)10-17(30-2)19(14)27/h5-11,27H,3-4,12H2,1-2H3/b22-11+. The van der Waals surface area contributed by atoms with E-state index < -0.39 is 4.92 Å². The van der Waals surface area contributed by atoms with Crippen molar-refractivity contribution in [3.05, 3.63) is 67.9 Å². The predicted octanol–water partition coefficient (Wildman–Crippen LogP) is 4.79. The fourth-order valence-corrected chi connectivity index (χ4v) is 3.83. The molecule has 0 unspecified atom stereocenters. The molecule has 0 radical (unpaired) electrons. The fourth-order valence-electron chi connectivity index (χ4n) is 2.70. The summed E-state index contributed by atoms with van der Waals surface area (Å²) in [6.07, 6.45) is 2.85. The molecule has 0 fully saturated rings. The first kappa shape index (κ1) is 22.8. The second kappa shape index (κ2) is 10.4. The Balaban J connectivity index is 1.91. The minimum atomic E-state index is -0.555. The van der Waals surface area contributed by atoms with Gasteiger partial charge in [-0.1, -0.05) is 46.7 Å². The van der Waals surface area contributed by atoms with Gasteiger partial charge in [-0.25, -0.2) is 0 Å². The molecular weight excluding hydrogens is 486 g/mol. The molecule has 0 atom stereocenters. The van der Waals surface area contributed by atoms with E-state index in [1.165, 1.54) is 31.2 Å². The monoisotopic (exact) mass is 505 g/mol. The van der Waals surface area contributed by atoms with Gasteiger partial charge >= 0.3 is 0 Å². The van der Waals surface area contributed by atoms with Gasteiger partial charge in [0, 0.05) is 28.3 Å². The zero-order valence-electron chi connectivity index (χ0n) is 16.9. The molecule has 0 spiro atoms. The van der Waals surface area contributed by atoms with Gasteiger partial charge in [0.05, 0.1) is 24.3 Å². The molecule has 0 aliphatic heterocycles. The van der Waals surface area contributed by atoms with Crippen molar-refractivity contribution in [2.24, 2.45) is 5.10 Å². The minimum Gasteiger partial charge on any atom is -0.504 e. The summed E-state index contributed by atoms with van der Waals surface area (Å²) in [4.78, 5) is 10.6. The maximum atomic E-state index is 11.2. The molecular formula is C20H20BrN5O4S. The Morgan fingerprint density at radius 3 is 2.71 bits per heavy atom. The largest absolute Gasteiger partial charge is 0.504 e. The third-order valence-electron chi connectivity index (χ3n) is 4.26. The number of halogens is 1. The van der Waals surface area contributed by atoms with Crippen LogP contribution in [0.25, 0.3) is 0 Å². The summed E-state index contributed by atoms with van der Waals surface area (Å²) < 4.78 is 7.64. The van der Waals surface area contributed by atoms with Crippen molar-refractivity contribution in [3.8, 4) is 11.5 Å². The number of aryl methyl sites for hydroxylation is 1. The first-order valence-electron chi connectivity index (χ1n) is 9.34. The lowest BCUT2D eigenvalue weighted by Gasteiger charge is -2.07. The number of nitro groups is 1. The first-order chi connectivity index (χ1) is 14.9. The normalized spacial score (nSPS) is 11.2. The summed E-state index contributed by atoms with van der Waals surface area (Å²) in [6, 6.07) is 10.4. The van der Waals surface area contributed by atoms with Gasteiger partial charge < -0.3 is 9.84 Å². The number of methoxy groups -OCH3 is 1. The van der Waals surface area contributed by atoms with Crippen LogP contribution >= 0.6 is 27.7 Å². The summed E-state index contributed by atoms with van der Waals surface area (Å²) >= 11 is 4.90. The van der Waals surface area contributed by atoms with Gasteiger partial charge in [-0.2, -0.15) is 9.78 Å². The molecule has 0 amide bonds. The fraction of sp³-hybridized carbons (Fsp3) is 0.250. The Bertz CT molecular complexity index is 1100. The average molecular weight is 506 g/mol. The van der Waals surface area contributed by atoms with Gasteiger partial charge in [-0.05, 0) is 24.1 Å². The van der Waals surface area contributed by atoms with E-state index in [4.69, 9.17) is 4.74 Å². The average Bonchev–Trinajstić information content (AvgIpc) is 3.14. The number of phenols is 1. The lowest BCUT2D eigenvalue weighted by atomic mass is 10.2. The molecule has 1 aromatic heterocycles. The highest BCUT2D eigenvalue weighted by molar-refractivity contribution is 9.10. The van der Waals surface area contributed by atoms with Crippen LogP contribution in [0, 0.1) is 10.1 Å². The Kier molecular flexibility index (Phi) is 7.64. The van der Waals surface area contributed by atoms with Gasteiger partial charge in [0.15, 0.2) is 17.3 Å². The zero-order valence-corrected chi connectivity index (χ0v) is 19.3. The van der Waals surface area contributed by atoms with Crippen molar-refractivity contribution in [2.45, 2.75) is 30.7 Å². The van der Waals surface area contributed by atoms with Gasteiger partial charge in [-0.15, -0.1) is 10.2 Å². The molecule has 0 saturated heterocycles. The number of hydrogen-bond donors (Lipinski definition) is 1. The summed E-state index contributed by atoms with van der Waals surface area (Å²) in [7, 11) is 1.33. The molecule has 31 heavy (non-hydrogen) atoms. The maximum absolute atomic E-state index is 11.2. The molecule has 3 aromatic rings. The van der Waals surface area contributed by atoms with E-state index in [2.05, 4.69) is 31.2 Å². The van der Waals surface area contributed by atoms with Gasteiger partial charge in [0.1, 0.15) is 0 Å². The topological polar surface area (TPSA) is 116 Å². The summed E-state index contributed by atoms with van der Waals surface area (Å²) in [5.41, 5.74) is 1.06. The molecule has 11 heteroatoms. The predicted molar refractivity (Wildman–Crippen MR) is 122 cm³/mol. The number of non-ortho nitro benzene ring substituents is 1. The second-order valence-electron chi connectivity index (χ2n) is 6.46. The van der Waals surface area contributed by atoms with Crippen LogP contribution in [0.15, 0.2) is 51.1 Å². The van der Waals surface area contributed by atoms with Crippen LogP contribution in [0.3, 0.4) is 0 Å². The van der Waals surface area contributed by atoms with E-state index in [1.54, 1.807) is 4.68 Å². The quantitative estimate of drug-likeness (QED) is 0.192.